The van der Waals surface area contributed by atoms with Crippen molar-refractivity contribution in [3.05, 3.63) is 16.3 Å². The van der Waals surface area contributed by atoms with E-state index in [-0.39, 0.29) is 0 Å². The van der Waals surface area contributed by atoms with Crippen molar-refractivity contribution in [2.75, 3.05) is 7.11 Å². The van der Waals surface area contributed by atoms with Gasteiger partial charge in [0.25, 0.3) is 5.91 Å². The van der Waals surface area contributed by atoms with Crippen molar-refractivity contribution in [1.82, 2.24) is 5.32 Å². The van der Waals surface area contributed by atoms with Gasteiger partial charge in [-0.2, -0.15) is 0 Å². The first-order valence-electron chi connectivity index (χ1n) is 3.84. The highest BCUT2D eigenvalue weighted by Gasteiger charge is 2.35. The molecule has 0 aromatic carbocycles. The molecule has 1 aromatic heterocycles. The second-order valence-corrected chi connectivity index (χ2v) is 3.41. The molecule has 5 nitrogen and oxygen atoms in total. The molecule has 1 fully saturated rings. The minimum Gasteiger partial charge on any atom is -0.495 e. The van der Waals surface area contributed by atoms with Crippen LogP contribution in [0.5, 0.6) is 5.75 Å². The van der Waals surface area contributed by atoms with Crippen LogP contribution in [0.2, 0.25) is 0 Å². The molecule has 6 heteroatoms. The van der Waals surface area contributed by atoms with Gasteiger partial charge in [-0.15, -0.1) is 11.3 Å². The third-order valence-corrected chi connectivity index (χ3v) is 2.59. The number of carbonyl (C=O) groups is 2. The highest BCUT2D eigenvalue weighted by Crippen LogP contribution is 2.33. The van der Waals surface area contributed by atoms with Crippen LogP contribution in [0.25, 0.3) is 0 Å². The fourth-order valence-corrected chi connectivity index (χ4v) is 2.02. The summed E-state index contributed by atoms with van der Waals surface area (Å²) >= 11 is 1.38. The van der Waals surface area contributed by atoms with E-state index in [9.17, 15) is 9.59 Å². The Morgan fingerprint density at radius 1 is 1.50 bits per heavy atom. The third-order valence-electron chi connectivity index (χ3n) is 1.85. The largest absolute Gasteiger partial charge is 0.495 e. The van der Waals surface area contributed by atoms with Crippen LogP contribution >= 0.6 is 11.3 Å². The normalized spacial score (nSPS) is 20.5. The zero-order chi connectivity index (χ0) is 10.1. The predicted molar refractivity (Wildman–Crippen MR) is 48.2 cm³/mol. The SMILES string of the molecule is COc1cscc1C1OC(=O)NC1=O. The Labute approximate surface area is 83.6 Å². The Hall–Kier alpha value is -1.56. The van der Waals surface area contributed by atoms with Crippen molar-refractivity contribution >= 4 is 23.3 Å². The average Bonchev–Trinajstić information content (AvgIpc) is 2.71. The smallest absolute Gasteiger partial charge is 0.415 e. The molecule has 0 bridgehead atoms. The molecule has 1 saturated heterocycles. The van der Waals surface area contributed by atoms with E-state index in [0.717, 1.165) is 0 Å². The van der Waals surface area contributed by atoms with Crippen LogP contribution in [0.15, 0.2) is 10.8 Å². The lowest BCUT2D eigenvalue weighted by molar-refractivity contribution is -0.123. The molecule has 1 aliphatic rings. The number of carbonyl (C=O) groups excluding carboxylic acids is 2. The van der Waals surface area contributed by atoms with Gasteiger partial charge in [-0.05, 0) is 0 Å². The van der Waals surface area contributed by atoms with Gasteiger partial charge in [-0.1, -0.05) is 0 Å². The van der Waals surface area contributed by atoms with Crippen LogP contribution in [0.3, 0.4) is 0 Å². The summed E-state index contributed by atoms with van der Waals surface area (Å²) in [6.07, 6.45) is -1.59. The standard InChI is InChI=1S/C8H7NO4S/c1-12-5-3-14-2-4(5)6-7(10)9-8(11)13-6/h2-3,6H,1H3,(H,9,10,11). The van der Waals surface area contributed by atoms with Crippen LogP contribution in [0.1, 0.15) is 11.7 Å². The summed E-state index contributed by atoms with van der Waals surface area (Å²) in [6, 6.07) is 0. The molecule has 1 unspecified atom stereocenters. The van der Waals surface area contributed by atoms with Crippen LogP contribution < -0.4 is 10.1 Å². The quantitative estimate of drug-likeness (QED) is 0.797. The molecule has 14 heavy (non-hydrogen) atoms. The van der Waals surface area contributed by atoms with Gasteiger partial charge in [0.2, 0.25) is 6.10 Å². The first-order valence-corrected chi connectivity index (χ1v) is 4.78. The number of alkyl carbamates (subject to hydrolysis) is 1. The first-order chi connectivity index (χ1) is 6.72. The number of methoxy groups -OCH3 is 1. The Morgan fingerprint density at radius 2 is 2.29 bits per heavy atom. The van der Waals surface area contributed by atoms with Gasteiger partial charge in [0.05, 0.1) is 12.7 Å². The van der Waals surface area contributed by atoms with Crippen molar-refractivity contribution in [2.45, 2.75) is 6.10 Å². The lowest BCUT2D eigenvalue weighted by atomic mass is 10.2. The number of cyclic esters (lactones) is 1. The van der Waals surface area contributed by atoms with E-state index in [4.69, 9.17) is 9.47 Å². The van der Waals surface area contributed by atoms with Crippen molar-refractivity contribution in [2.24, 2.45) is 0 Å². The van der Waals surface area contributed by atoms with E-state index in [1.165, 1.54) is 18.4 Å². The zero-order valence-corrected chi connectivity index (χ0v) is 8.09. The Balaban J connectivity index is 2.31. The molecule has 2 amide bonds. The summed E-state index contributed by atoms with van der Waals surface area (Å²) in [6.45, 7) is 0. The predicted octanol–water partition coefficient (Wildman–Crippen LogP) is 1.06. The molecule has 0 spiro atoms. The minimum absolute atomic E-state index is 0.452. The fourth-order valence-electron chi connectivity index (χ4n) is 1.21. The second-order valence-electron chi connectivity index (χ2n) is 2.67. The Bertz CT molecular complexity index is 386. The number of nitrogens with one attached hydrogen (secondary N) is 1. The molecule has 0 radical (unpaired) electrons. The monoisotopic (exact) mass is 213 g/mol. The van der Waals surface area contributed by atoms with Gasteiger partial charge in [0, 0.05) is 10.8 Å². The molecular weight excluding hydrogens is 206 g/mol. The lowest BCUT2D eigenvalue weighted by Crippen LogP contribution is -2.20. The number of imide groups is 1. The van der Waals surface area contributed by atoms with E-state index >= 15 is 0 Å². The number of amides is 2. The minimum atomic E-state index is -0.872. The van der Waals surface area contributed by atoms with Crippen LogP contribution in [-0.2, 0) is 9.53 Å². The Kier molecular flexibility index (Phi) is 2.12. The molecule has 74 valence electrons. The van der Waals surface area contributed by atoms with E-state index < -0.39 is 18.1 Å². The van der Waals surface area contributed by atoms with Gasteiger partial charge >= 0.3 is 6.09 Å². The second kappa shape index (κ2) is 3.30. The highest BCUT2D eigenvalue weighted by molar-refractivity contribution is 7.08. The molecule has 1 atom stereocenters. The number of ether oxygens (including phenoxy) is 2. The lowest BCUT2D eigenvalue weighted by Gasteiger charge is -2.06. The molecule has 2 heterocycles. The molecule has 1 aromatic rings. The number of rotatable bonds is 2. The van der Waals surface area contributed by atoms with Crippen molar-refractivity contribution in [1.29, 1.82) is 0 Å². The maximum Gasteiger partial charge on any atom is 0.415 e. The number of hydrogen-bond acceptors (Lipinski definition) is 5. The van der Waals surface area contributed by atoms with Crippen molar-refractivity contribution in [3.63, 3.8) is 0 Å². The summed E-state index contributed by atoms with van der Waals surface area (Å²) in [5, 5.41) is 5.52. The van der Waals surface area contributed by atoms with Gasteiger partial charge < -0.3 is 9.47 Å². The van der Waals surface area contributed by atoms with E-state index in [1.54, 1.807) is 10.8 Å². The summed E-state index contributed by atoms with van der Waals surface area (Å²) in [7, 11) is 1.50. The van der Waals surface area contributed by atoms with E-state index in [2.05, 4.69) is 5.32 Å². The third kappa shape index (κ3) is 1.33. The van der Waals surface area contributed by atoms with Crippen LogP contribution in [-0.4, -0.2) is 19.1 Å². The summed E-state index contributed by atoms with van der Waals surface area (Å²) in [5.41, 5.74) is 0.584. The van der Waals surface area contributed by atoms with Crippen LogP contribution in [0, 0.1) is 0 Å². The topological polar surface area (TPSA) is 64.6 Å². The molecule has 0 saturated carbocycles. The molecule has 0 aliphatic carbocycles. The Morgan fingerprint density at radius 3 is 2.86 bits per heavy atom. The molecule has 2 rings (SSSR count). The maximum atomic E-state index is 11.2. The van der Waals surface area contributed by atoms with Crippen molar-refractivity contribution < 1.29 is 19.1 Å². The van der Waals surface area contributed by atoms with Crippen LogP contribution in [0.4, 0.5) is 4.79 Å². The van der Waals surface area contributed by atoms with Crippen molar-refractivity contribution in [3.8, 4) is 5.75 Å². The molecule has 1 N–H and O–H groups in total. The van der Waals surface area contributed by atoms with Gasteiger partial charge in [-0.25, -0.2) is 4.79 Å². The summed E-state index contributed by atoms with van der Waals surface area (Å²) in [5.74, 6) is 0.108. The van der Waals surface area contributed by atoms with Gasteiger partial charge in [0.1, 0.15) is 5.75 Å². The maximum absolute atomic E-state index is 11.2. The summed E-state index contributed by atoms with van der Waals surface area (Å²) in [4.78, 5) is 22.0. The van der Waals surface area contributed by atoms with E-state index in [1.807, 2.05) is 0 Å². The van der Waals surface area contributed by atoms with Gasteiger partial charge in [0.15, 0.2) is 0 Å². The van der Waals surface area contributed by atoms with Gasteiger partial charge in [-0.3, -0.25) is 10.1 Å². The number of hydrogen-bond donors (Lipinski definition) is 1. The summed E-state index contributed by atoms with van der Waals surface area (Å²) < 4.78 is 9.81. The average molecular weight is 213 g/mol. The fraction of sp³-hybridized carbons (Fsp3) is 0.250. The van der Waals surface area contributed by atoms with E-state index in [0.29, 0.717) is 11.3 Å². The number of thiophene rings is 1. The zero-order valence-electron chi connectivity index (χ0n) is 7.27. The first kappa shape index (κ1) is 9.01. The molecule has 1 aliphatic heterocycles. The highest BCUT2D eigenvalue weighted by atomic mass is 32.1. The molecular formula is C8H7NO4S.